The zero-order valence-electron chi connectivity index (χ0n) is 12.0. The molecule has 0 spiro atoms. The van der Waals surface area contributed by atoms with Crippen LogP contribution in [0.1, 0.15) is 18.5 Å². The predicted octanol–water partition coefficient (Wildman–Crippen LogP) is -1.44. The van der Waals surface area contributed by atoms with Crippen molar-refractivity contribution in [1.82, 2.24) is 30.5 Å². The number of hydrogen-bond acceptors (Lipinski definition) is 6. The van der Waals surface area contributed by atoms with Crippen molar-refractivity contribution in [2.24, 2.45) is 0 Å². The lowest BCUT2D eigenvalue weighted by Crippen LogP contribution is -2.42. The number of β-amino-alcohol motifs (C(OH)–C–C–N with tert-alkyl or cyclic N) is 1. The summed E-state index contributed by atoms with van der Waals surface area (Å²) >= 11 is 0. The maximum absolute atomic E-state index is 12.2. The van der Waals surface area contributed by atoms with Gasteiger partial charge in [0, 0.05) is 38.8 Å². The second kappa shape index (κ2) is 6.50. The van der Waals surface area contributed by atoms with Crippen molar-refractivity contribution in [2.75, 3.05) is 32.7 Å². The van der Waals surface area contributed by atoms with Gasteiger partial charge in [0.25, 0.3) is 0 Å². The SMILES string of the molecule is O=C(CNC1CC1)N1CCN(Cc2cn[nH]n2)C[C@H](O)C1. The molecule has 2 fully saturated rings. The Morgan fingerprint density at radius 3 is 3.00 bits per heavy atom. The smallest absolute Gasteiger partial charge is 0.236 e. The van der Waals surface area contributed by atoms with Crippen LogP contribution >= 0.6 is 0 Å². The first-order valence-electron chi connectivity index (χ1n) is 7.47. The third-order valence-corrected chi connectivity index (χ3v) is 3.91. The summed E-state index contributed by atoms with van der Waals surface area (Å²) in [4.78, 5) is 16.0. The molecule has 0 aromatic carbocycles. The van der Waals surface area contributed by atoms with Crippen molar-refractivity contribution in [3.05, 3.63) is 11.9 Å². The molecular formula is C13H22N6O2. The van der Waals surface area contributed by atoms with Crippen LogP contribution in [0.4, 0.5) is 0 Å². The second-order valence-electron chi connectivity index (χ2n) is 5.85. The maximum Gasteiger partial charge on any atom is 0.236 e. The molecule has 8 heteroatoms. The van der Waals surface area contributed by atoms with Crippen molar-refractivity contribution in [1.29, 1.82) is 0 Å². The molecule has 1 amide bonds. The summed E-state index contributed by atoms with van der Waals surface area (Å²) in [5.74, 6) is 0.0734. The van der Waals surface area contributed by atoms with Crippen molar-refractivity contribution >= 4 is 5.91 Å². The van der Waals surface area contributed by atoms with Crippen molar-refractivity contribution in [2.45, 2.75) is 31.5 Å². The van der Waals surface area contributed by atoms with Crippen LogP contribution < -0.4 is 5.32 Å². The van der Waals surface area contributed by atoms with E-state index in [0.717, 1.165) is 12.2 Å². The zero-order valence-corrected chi connectivity index (χ0v) is 12.0. The van der Waals surface area contributed by atoms with Crippen LogP contribution in [-0.2, 0) is 11.3 Å². The molecule has 116 valence electrons. The first-order valence-corrected chi connectivity index (χ1v) is 7.47. The highest BCUT2D eigenvalue weighted by Crippen LogP contribution is 2.18. The summed E-state index contributed by atoms with van der Waals surface area (Å²) in [5.41, 5.74) is 0.845. The Hall–Kier alpha value is -1.51. The minimum atomic E-state index is -0.524. The fourth-order valence-electron chi connectivity index (χ4n) is 2.59. The number of nitrogens with one attached hydrogen (secondary N) is 2. The second-order valence-corrected chi connectivity index (χ2v) is 5.85. The summed E-state index contributed by atoms with van der Waals surface area (Å²) in [7, 11) is 0. The van der Waals surface area contributed by atoms with Crippen LogP contribution in [0.3, 0.4) is 0 Å². The van der Waals surface area contributed by atoms with Crippen LogP contribution in [0.5, 0.6) is 0 Å². The number of aliphatic hydroxyl groups is 1. The van der Waals surface area contributed by atoms with E-state index >= 15 is 0 Å². The number of carbonyl (C=O) groups excluding carboxylic acids is 1. The van der Waals surface area contributed by atoms with Crippen LogP contribution in [0.15, 0.2) is 6.20 Å². The molecule has 1 aliphatic heterocycles. The Morgan fingerprint density at radius 1 is 1.43 bits per heavy atom. The average Bonchev–Trinajstić information content (AvgIpc) is 3.19. The van der Waals surface area contributed by atoms with Crippen LogP contribution in [0, 0.1) is 0 Å². The van der Waals surface area contributed by atoms with Gasteiger partial charge in [-0.05, 0) is 12.8 Å². The molecule has 0 radical (unpaired) electrons. The average molecular weight is 294 g/mol. The minimum absolute atomic E-state index is 0.0734. The van der Waals surface area contributed by atoms with E-state index in [1.807, 2.05) is 0 Å². The van der Waals surface area contributed by atoms with E-state index in [1.54, 1.807) is 11.1 Å². The lowest BCUT2D eigenvalue weighted by Gasteiger charge is -2.22. The molecule has 0 unspecified atom stereocenters. The van der Waals surface area contributed by atoms with E-state index in [0.29, 0.717) is 38.8 Å². The third-order valence-electron chi connectivity index (χ3n) is 3.91. The van der Waals surface area contributed by atoms with E-state index in [2.05, 4.69) is 25.6 Å². The summed E-state index contributed by atoms with van der Waals surface area (Å²) in [5, 5.41) is 23.7. The zero-order chi connectivity index (χ0) is 14.7. The van der Waals surface area contributed by atoms with E-state index in [1.165, 1.54) is 12.8 Å². The molecule has 1 atom stereocenters. The highest BCUT2D eigenvalue weighted by atomic mass is 16.3. The molecule has 1 saturated heterocycles. The van der Waals surface area contributed by atoms with Crippen molar-refractivity contribution < 1.29 is 9.90 Å². The van der Waals surface area contributed by atoms with Crippen LogP contribution in [0.2, 0.25) is 0 Å². The van der Waals surface area contributed by atoms with Crippen molar-refractivity contribution in [3.8, 4) is 0 Å². The van der Waals surface area contributed by atoms with Gasteiger partial charge in [-0.1, -0.05) is 0 Å². The molecule has 2 heterocycles. The van der Waals surface area contributed by atoms with E-state index in [-0.39, 0.29) is 5.91 Å². The highest BCUT2D eigenvalue weighted by Gasteiger charge is 2.26. The van der Waals surface area contributed by atoms with Crippen LogP contribution in [0.25, 0.3) is 0 Å². The van der Waals surface area contributed by atoms with E-state index in [9.17, 15) is 9.90 Å². The predicted molar refractivity (Wildman–Crippen MR) is 75.3 cm³/mol. The van der Waals surface area contributed by atoms with Gasteiger partial charge in [0.2, 0.25) is 5.91 Å². The first-order chi connectivity index (χ1) is 10.2. The lowest BCUT2D eigenvalue weighted by atomic mass is 10.3. The standard InChI is InChI=1S/C13H22N6O2/c20-12-8-18(7-11-5-15-17-16-11)3-4-19(9-12)13(21)6-14-10-1-2-10/h5,10,12,14,20H,1-4,6-9H2,(H,15,16,17)/t12-/m0/s1. The van der Waals surface area contributed by atoms with Gasteiger partial charge in [0.05, 0.1) is 24.5 Å². The monoisotopic (exact) mass is 294 g/mol. The van der Waals surface area contributed by atoms with Gasteiger partial charge in [-0.2, -0.15) is 15.4 Å². The Bertz CT molecular complexity index is 461. The van der Waals surface area contributed by atoms with Gasteiger partial charge in [-0.15, -0.1) is 0 Å². The molecule has 21 heavy (non-hydrogen) atoms. The van der Waals surface area contributed by atoms with Crippen LogP contribution in [-0.4, -0.2) is 81.1 Å². The maximum atomic E-state index is 12.2. The first kappa shape index (κ1) is 14.4. The molecule has 1 aromatic heterocycles. The highest BCUT2D eigenvalue weighted by molar-refractivity contribution is 5.78. The summed E-state index contributed by atoms with van der Waals surface area (Å²) in [6.07, 6.45) is 3.49. The van der Waals surface area contributed by atoms with E-state index in [4.69, 9.17) is 0 Å². The number of nitrogens with zero attached hydrogens (tertiary/aromatic N) is 4. The molecule has 1 saturated carbocycles. The fourth-order valence-corrected chi connectivity index (χ4v) is 2.59. The number of amides is 1. The molecule has 0 bridgehead atoms. The quantitative estimate of drug-likeness (QED) is 0.615. The Morgan fingerprint density at radius 2 is 2.29 bits per heavy atom. The molecule has 1 aromatic rings. The number of rotatable bonds is 5. The summed E-state index contributed by atoms with van der Waals surface area (Å²) in [6, 6.07) is 0.523. The largest absolute Gasteiger partial charge is 0.390 e. The molecule has 1 aliphatic carbocycles. The number of carbonyl (C=O) groups is 1. The van der Waals surface area contributed by atoms with Gasteiger partial charge in [0.1, 0.15) is 0 Å². The Labute approximate surface area is 123 Å². The molecular weight excluding hydrogens is 272 g/mol. The van der Waals surface area contributed by atoms with Gasteiger partial charge in [-0.3, -0.25) is 9.69 Å². The van der Waals surface area contributed by atoms with Gasteiger partial charge in [0.15, 0.2) is 0 Å². The third kappa shape index (κ3) is 4.23. The van der Waals surface area contributed by atoms with Gasteiger partial charge < -0.3 is 15.3 Å². The lowest BCUT2D eigenvalue weighted by molar-refractivity contribution is -0.131. The normalized spacial score (nSPS) is 24.0. The summed E-state index contributed by atoms with van der Waals surface area (Å²) in [6.45, 7) is 3.34. The Kier molecular flexibility index (Phi) is 4.47. The number of aliphatic hydroxyl groups excluding tert-OH is 1. The molecule has 3 N–H and O–H groups in total. The van der Waals surface area contributed by atoms with Crippen molar-refractivity contribution in [3.63, 3.8) is 0 Å². The topological polar surface area (TPSA) is 97.4 Å². The molecule has 2 aliphatic rings. The number of aromatic nitrogens is 3. The fraction of sp³-hybridized carbons (Fsp3) is 0.769. The van der Waals surface area contributed by atoms with E-state index < -0.39 is 6.10 Å². The van der Waals surface area contributed by atoms with Gasteiger partial charge in [-0.25, -0.2) is 0 Å². The number of aromatic amines is 1. The molecule has 3 rings (SSSR count). The number of H-pyrrole nitrogens is 1. The molecule has 8 nitrogen and oxygen atoms in total. The minimum Gasteiger partial charge on any atom is -0.390 e. The van der Waals surface area contributed by atoms with Gasteiger partial charge >= 0.3 is 0 Å². The number of hydrogen-bond donors (Lipinski definition) is 3. The summed E-state index contributed by atoms with van der Waals surface area (Å²) < 4.78 is 0. The Balaban J connectivity index is 1.50.